The molecule has 1 fully saturated rings. The molecule has 0 atom stereocenters. The second kappa shape index (κ2) is 7.83. The molecule has 7 heteroatoms. The topological polar surface area (TPSA) is 74.2 Å². The van der Waals surface area contributed by atoms with Gasteiger partial charge in [0.1, 0.15) is 0 Å². The maximum Gasteiger partial charge on any atom is 0.274 e. The van der Waals surface area contributed by atoms with Crippen molar-refractivity contribution in [3.8, 4) is 0 Å². The number of amides is 1. The number of hydrogen-bond donors (Lipinski definition) is 1. The van der Waals surface area contributed by atoms with Crippen molar-refractivity contribution >= 4 is 11.7 Å². The Balaban J connectivity index is 1.65. The van der Waals surface area contributed by atoms with Gasteiger partial charge < -0.3 is 15.1 Å². The second-order valence-corrected chi connectivity index (χ2v) is 5.88. The average molecular weight is 326 g/mol. The van der Waals surface area contributed by atoms with Gasteiger partial charge in [0, 0.05) is 45.6 Å². The summed E-state index contributed by atoms with van der Waals surface area (Å²) in [6.07, 6.45) is 4.51. The lowest BCUT2D eigenvalue weighted by atomic mass is 10.2. The number of nitrogens with zero attached hydrogens (tertiary/aromatic N) is 5. The lowest BCUT2D eigenvalue weighted by Gasteiger charge is -2.20. The molecule has 0 aliphatic carbocycles. The van der Waals surface area contributed by atoms with Gasteiger partial charge in [0.15, 0.2) is 11.5 Å². The van der Waals surface area contributed by atoms with Gasteiger partial charge in [-0.05, 0) is 42.8 Å². The van der Waals surface area contributed by atoms with Crippen molar-refractivity contribution in [1.29, 1.82) is 0 Å². The molecule has 1 N–H and O–H groups in total. The van der Waals surface area contributed by atoms with E-state index in [0.717, 1.165) is 37.4 Å². The minimum atomic E-state index is -0.0467. The average Bonchev–Trinajstić information content (AvgIpc) is 2.91. The predicted octanol–water partition coefficient (Wildman–Crippen LogP) is 0.943. The SMILES string of the molecule is CN(Cc1ccncc1)c1ccc(C(=O)N2CCCNCC2)nn1. The first-order chi connectivity index (χ1) is 11.7. The van der Waals surface area contributed by atoms with Crippen LogP contribution >= 0.6 is 0 Å². The van der Waals surface area contributed by atoms with Crippen LogP contribution in [0.3, 0.4) is 0 Å². The first-order valence-corrected chi connectivity index (χ1v) is 8.18. The summed E-state index contributed by atoms with van der Waals surface area (Å²) in [5.41, 5.74) is 1.55. The monoisotopic (exact) mass is 326 g/mol. The summed E-state index contributed by atoms with van der Waals surface area (Å²) in [5.74, 6) is 0.690. The van der Waals surface area contributed by atoms with Crippen molar-refractivity contribution < 1.29 is 4.79 Å². The van der Waals surface area contributed by atoms with Gasteiger partial charge in [0.2, 0.25) is 0 Å². The highest BCUT2D eigenvalue weighted by molar-refractivity contribution is 5.92. The smallest absolute Gasteiger partial charge is 0.274 e. The molecule has 7 nitrogen and oxygen atoms in total. The normalized spacial score (nSPS) is 15.0. The molecule has 1 aliphatic rings. The third-order valence-corrected chi connectivity index (χ3v) is 4.06. The van der Waals surface area contributed by atoms with Crippen LogP contribution in [-0.2, 0) is 6.54 Å². The van der Waals surface area contributed by atoms with E-state index in [0.29, 0.717) is 18.8 Å². The molecule has 0 bridgehead atoms. The molecule has 24 heavy (non-hydrogen) atoms. The second-order valence-electron chi connectivity index (χ2n) is 5.88. The molecule has 0 unspecified atom stereocenters. The summed E-state index contributed by atoms with van der Waals surface area (Å²) in [4.78, 5) is 20.3. The highest BCUT2D eigenvalue weighted by Gasteiger charge is 2.19. The van der Waals surface area contributed by atoms with Crippen molar-refractivity contribution in [2.45, 2.75) is 13.0 Å². The zero-order valence-electron chi connectivity index (χ0n) is 13.9. The Morgan fingerprint density at radius 2 is 2.00 bits per heavy atom. The van der Waals surface area contributed by atoms with Crippen LogP contribution in [0.2, 0.25) is 0 Å². The Morgan fingerprint density at radius 3 is 2.75 bits per heavy atom. The lowest BCUT2D eigenvalue weighted by molar-refractivity contribution is 0.0759. The quantitative estimate of drug-likeness (QED) is 0.901. The van der Waals surface area contributed by atoms with Gasteiger partial charge in [-0.3, -0.25) is 9.78 Å². The van der Waals surface area contributed by atoms with Crippen molar-refractivity contribution in [3.05, 3.63) is 47.9 Å². The predicted molar refractivity (Wildman–Crippen MR) is 91.8 cm³/mol. The highest BCUT2D eigenvalue weighted by Crippen LogP contribution is 2.12. The van der Waals surface area contributed by atoms with Crippen molar-refractivity contribution in [1.82, 2.24) is 25.4 Å². The first-order valence-electron chi connectivity index (χ1n) is 8.18. The van der Waals surface area contributed by atoms with E-state index in [2.05, 4.69) is 20.5 Å². The van der Waals surface area contributed by atoms with E-state index < -0.39 is 0 Å². The summed E-state index contributed by atoms with van der Waals surface area (Å²) in [6.45, 7) is 3.96. The number of anilines is 1. The number of rotatable bonds is 4. The number of carbonyl (C=O) groups excluding carboxylic acids is 1. The maximum absolute atomic E-state index is 12.5. The number of aromatic nitrogens is 3. The van der Waals surface area contributed by atoms with Crippen molar-refractivity contribution in [3.63, 3.8) is 0 Å². The fraction of sp³-hybridized carbons (Fsp3) is 0.412. The molecule has 0 saturated carbocycles. The molecule has 126 valence electrons. The van der Waals surface area contributed by atoms with Gasteiger partial charge in [-0.1, -0.05) is 0 Å². The number of nitrogens with one attached hydrogen (secondary N) is 1. The summed E-state index contributed by atoms with van der Waals surface area (Å²) < 4.78 is 0. The summed E-state index contributed by atoms with van der Waals surface area (Å²) in [5, 5.41) is 11.6. The fourth-order valence-corrected chi connectivity index (χ4v) is 2.70. The molecule has 0 aromatic carbocycles. The van der Waals surface area contributed by atoms with Crippen LogP contribution in [0.5, 0.6) is 0 Å². The molecule has 2 aromatic rings. The van der Waals surface area contributed by atoms with Gasteiger partial charge in [-0.2, -0.15) is 0 Å². The molecule has 3 rings (SSSR count). The van der Waals surface area contributed by atoms with E-state index in [4.69, 9.17) is 0 Å². The van der Waals surface area contributed by atoms with Crippen LogP contribution in [0.15, 0.2) is 36.7 Å². The number of pyridine rings is 1. The van der Waals surface area contributed by atoms with E-state index in [1.807, 2.05) is 35.0 Å². The third kappa shape index (κ3) is 4.05. The van der Waals surface area contributed by atoms with Crippen LogP contribution in [0.1, 0.15) is 22.5 Å². The Kier molecular flexibility index (Phi) is 5.32. The van der Waals surface area contributed by atoms with Gasteiger partial charge in [-0.25, -0.2) is 0 Å². The van der Waals surface area contributed by atoms with Gasteiger partial charge in [0.05, 0.1) is 0 Å². The van der Waals surface area contributed by atoms with Crippen molar-refractivity contribution in [2.75, 3.05) is 38.1 Å². The lowest BCUT2D eigenvalue weighted by Crippen LogP contribution is -2.34. The molecular formula is C17H22N6O. The highest BCUT2D eigenvalue weighted by atomic mass is 16.2. The van der Waals surface area contributed by atoms with E-state index >= 15 is 0 Å². The molecule has 2 aromatic heterocycles. The minimum Gasteiger partial charge on any atom is -0.354 e. The fourth-order valence-electron chi connectivity index (χ4n) is 2.70. The van der Waals surface area contributed by atoms with Crippen LogP contribution < -0.4 is 10.2 Å². The Morgan fingerprint density at radius 1 is 1.17 bits per heavy atom. The molecule has 1 amide bonds. The van der Waals surface area contributed by atoms with Crippen molar-refractivity contribution in [2.24, 2.45) is 0 Å². The zero-order chi connectivity index (χ0) is 16.8. The summed E-state index contributed by atoms with van der Waals surface area (Å²) in [6, 6.07) is 7.54. The maximum atomic E-state index is 12.5. The van der Waals surface area contributed by atoms with E-state index in [1.54, 1.807) is 18.5 Å². The van der Waals surface area contributed by atoms with Crippen LogP contribution in [0, 0.1) is 0 Å². The van der Waals surface area contributed by atoms with Gasteiger partial charge >= 0.3 is 0 Å². The first kappa shape index (κ1) is 16.3. The molecular weight excluding hydrogens is 304 g/mol. The van der Waals surface area contributed by atoms with Gasteiger partial charge in [-0.15, -0.1) is 10.2 Å². The molecule has 1 aliphatic heterocycles. The summed E-state index contributed by atoms with van der Waals surface area (Å²) >= 11 is 0. The van der Waals surface area contributed by atoms with Crippen LogP contribution in [0.4, 0.5) is 5.82 Å². The standard InChI is InChI=1S/C17H22N6O/c1-22(13-14-5-8-19-9-6-14)16-4-3-15(20-21-16)17(24)23-11-2-7-18-10-12-23/h3-6,8-9,18H,2,7,10-13H2,1H3. The molecule has 3 heterocycles. The Labute approximate surface area is 141 Å². The Hall–Kier alpha value is -2.54. The van der Waals surface area contributed by atoms with E-state index in [-0.39, 0.29) is 5.91 Å². The van der Waals surface area contributed by atoms with Crippen LogP contribution in [-0.4, -0.2) is 59.2 Å². The molecule has 0 spiro atoms. The minimum absolute atomic E-state index is 0.0467. The summed E-state index contributed by atoms with van der Waals surface area (Å²) in [7, 11) is 1.95. The van der Waals surface area contributed by atoms with E-state index in [1.165, 1.54) is 0 Å². The van der Waals surface area contributed by atoms with Crippen LogP contribution in [0.25, 0.3) is 0 Å². The van der Waals surface area contributed by atoms with Gasteiger partial charge in [0.25, 0.3) is 5.91 Å². The number of carbonyl (C=O) groups is 1. The Bertz CT molecular complexity index is 653. The largest absolute Gasteiger partial charge is 0.354 e. The van der Waals surface area contributed by atoms with E-state index in [9.17, 15) is 4.79 Å². The molecule has 1 saturated heterocycles. The number of hydrogen-bond acceptors (Lipinski definition) is 6. The third-order valence-electron chi connectivity index (χ3n) is 4.06. The zero-order valence-corrected chi connectivity index (χ0v) is 13.9. The molecule has 0 radical (unpaired) electrons.